The Morgan fingerprint density at radius 3 is 2.47 bits per heavy atom. The maximum Gasteiger partial charge on any atom is 0.338 e. The maximum atomic E-state index is 12.3. The highest BCUT2D eigenvalue weighted by Crippen LogP contribution is 2.65. The van der Waals surface area contributed by atoms with Crippen molar-refractivity contribution in [1.29, 1.82) is 0 Å². The van der Waals surface area contributed by atoms with Crippen LogP contribution in [0.4, 0.5) is 5.69 Å². The molecule has 2 bridgehead atoms. The first-order valence-electron chi connectivity index (χ1n) is 9.72. The van der Waals surface area contributed by atoms with Gasteiger partial charge in [-0.05, 0) is 48.1 Å². The van der Waals surface area contributed by atoms with E-state index in [2.05, 4.69) is 26.1 Å². The molecule has 0 radical (unpaired) electrons. The van der Waals surface area contributed by atoms with Crippen LogP contribution in [0.5, 0.6) is 0 Å². The SMILES string of the molecule is CC1(C)[C@@H]2CC[C@]1(C)[C@H](NC(=O)COC(=O)c1ccc(S(C)(=O)=O)c([N+](=O)[O-])c1)C2. The van der Waals surface area contributed by atoms with E-state index in [0.29, 0.717) is 5.92 Å². The Bertz CT molecular complexity index is 1020. The van der Waals surface area contributed by atoms with Crippen LogP contribution in [-0.2, 0) is 19.4 Å². The summed E-state index contributed by atoms with van der Waals surface area (Å²) in [5.74, 6) is -0.822. The lowest BCUT2D eigenvalue weighted by molar-refractivity contribution is -0.387. The van der Waals surface area contributed by atoms with Crippen molar-refractivity contribution in [3.05, 3.63) is 33.9 Å². The highest BCUT2D eigenvalue weighted by molar-refractivity contribution is 7.90. The van der Waals surface area contributed by atoms with Crippen molar-refractivity contribution >= 4 is 27.4 Å². The lowest BCUT2D eigenvalue weighted by atomic mass is 9.69. The summed E-state index contributed by atoms with van der Waals surface area (Å²) in [5.41, 5.74) is -0.801. The van der Waals surface area contributed by atoms with E-state index < -0.39 is 43.8 Å². The molecule has 164 valence electrons. The van der Waals surface area contributed by atoms with Crippen LogP contribution in [0.3, 0.4) is 0 Å². The molecule has 3 rings (SSSR count). The van der Waals surface area contributed by atoms with Gasteiger partial charge in [-0.25, -0.2) is 13.2 Å². The average Bonchev–Trinajstić information content (AvgIpc) is 2.98. The molecule has 2 saturated carbocycles. The first-order chi connectivity index (χ1) is 13.8. The van der Waals surface area contributed by atoms with Crippen molar-refractivity contribution in [3.63, 3.8) is 0 Å². The fraction of sp³-hybridized carbons (Fsp3) is 0.600. The Morgan fingerprint density at radius 1 is 1.30 bits per heavy atom. The standard InChI is InChI=1S/C20H26N2O7S/c1-19(2)13-7-8-20(19,3)16(10-13)21-17(23)11-29-18(24)12-5-6-15(30(4,27)28)14(9-12)22(25)26/h5-6,9,13,16H,7-8,10-11H2,1-4H3,(H,21,23)/t13-,16-,20-/m1/s1. The van der Waals surface area contributed by atoms with Crippen LogP contribution in [0.2, 0.25) is 0 Å². The van der Waals surface area contributed by atoms with Gasteiger partial charge in [0.2, 0.25) is 0 Å². The molecule has 0 spiro atoms. The summed E-state index contributed by atoms with van der Waals surface area (Å²) in [6.07, 6.45) is 3.91. The van der Waals surface area contributed by atoms with Crippen LogP contribution in [0.1, 0.15) is 50.4 Å². The van der Waals surface area contributed by atoms with Crippen LogP contribution >= 0.6 is 0 Å². The number of rotatable bonds is 6. The molecule has 1 amide bonds. The first-order valence-corrected chi connectivity index (χ1v) is 11.6. The van der Waals surface area contributed by atoms with E-state index in [4.69, 9.17) is 4.74 Å². The van der Waals surface area contributed by atoms with Crippen molar-refractivity contribution in [3.8, 4) is 0 Å². The van der Waals surface area contributed by atoms with E-state index in [-0.39, 0.29) is 22.4 Å². The molecule has 2 fully saturated rings. The minimum Gasteiger partial charge on any atom is -0.452 e. The van der Waals surface area contributed by atoms with E-state index in [0.717, 1.165) is 43.7 Å². The Labute approximate surface area is 175 Å². The topological polar surface area (TPSA) is 133 Å². The molecular formula is C20H26N2O7S. The highest BCUT2D eigenvalue weighted by Gasteiger charge is 2.61. The molecule has 3 atom stereocenters. The molecule has 10 heteroatoms. The molecule has 2 aliphatic rings. The zero-order valence-electron chi connectivity index (χ0n) is 17.4. The molecule has 30 heavy (non-hydrogen) atoms. The molecule has 1 aromatic carbocycles. The van der Waals surface area contributed by atoms with Crippen LogP contribution < -0.4 is 5.32 Å². The van der Waals surface area contributed by atoms with Gasteiger partial charge in [-0.2, -0.15) is 0 Å². The first kappa shape index (κ1) is 22.2. The largest absolute Gasteiger partial charge is 0.452 e. The summed E-state index contributed by atoms with van der Waals surface area (Å²) in [4.78, 5) is 34.4. The molecule has 0 heterocycles. The van der Waals surface area contributed by atoms with Crippen molar-refractivity contribution < 1.29 is 27.7 Å². The number of ether oxygens (including phenoxy) is 1. The third kappa shape index (κ3) is 3.68. The second kappa shape index (κ2) is 7.33. The third-order valence-corrected chi connectivity index (χ3v) is 8.40. The number of hydrogen-bond acceptors (Lipinski definition) is 7. The van der Waals surface area contributed by atoms with Gasteiger partial charge in [0.1, 0.15) is 4.90 Å². The van der Waals surface area contributed by atoms with Crippen molar-refractivity contribution in [2.24, 2.45) is 16.7 Å². The second-order valence-electron chi connectivity index (χ2n) is 9.02. The molecule has 1 aromatic rings. The van der Waals surface area contributed by atoms with E-state index >= 15 is 0 Å². The zero-order chi connectivity index (χ0) is 22.5. The summed E-state index contributed by atoms with van der Waals surface area (Å²) in [6.45, 7) is 6.12. The lowest BCUT2D eigenvalue weighted by Crippen LogP contribution is -2.48. The number of sulfone groups is 1. The summed E-state index contributed by atoms with van der Waals surface area (Å²) < 4.78 is 28.3. The van der Waals surface area contributed by atoms with E-state index in [1.54, 1.807) is 0 Å². The van der Waals surface area contributed by atoms with Crippen LogP contribution in [0.15, 0.2) is 23.1 Å². The smallest absolute Gasteiger partial charge is 0.338 e. The van der Waals surface area contributed by atoms with E-state index in [1.807, 2.05) is 0 Å². The monoisotopic (exact) mass is 438 g/mol. The molecule has 0 saturated heterocycles. The van der Waals surface area contributed by atoms with Gasteiger partial charge >= 0.3 is 5.97 Å². The predicted molar refractivity (Wildman–Crippen MR) is 108 cm³/mol. The Morgan fingerprint density at radius 2 is 1.97 bits per heavy atom. The number of nitro groups is 1. The van der Waals surface area contributed by atoms with Crippen LogP contribution in [0.25, 0.3) is 0 Å². The number of carbonyl (C=O) groups excluding carboxylic acids is 2. The number of esters is 1. The number of nitrogens with zero attached hydrogens (tertiary/aromatic N) is 1. The average molecular weight is 439 g/mol. The minimum atomic E-state index is -3.84. The van der Waals surface area contributed by atoms with Crippen LogP contribution in [-0.4, -0.2) is 44.1 Å². The summed E-state index contributed by atoms with van der Waals surface area (Å²) in [6, 6.07) is 2.97. The van der Waals surface area contributed by atoms with Gasteiger partial charge in [0.05, 0.1) is 10.5 Å². The van der Waals surface area contributed by atoms with Gasteiger partial charge in [0, 0.05) is 18.4 Å². The third-order valence-electron chi connectivity index (χ3n) is 7.25. The molecule has 0 aromatic heterocycles. The van der Waals surface area contributed by atoms with Gasteiger partial charge < -0.3 is 10.1 Å². The Kier molecular flexibility index (Phi) is 5.43. The maximum absolute atomic E-state index is 12.3. The minimum absolute atomic E-state index is 0.00702. The molecule has 9 nitrogen and oxygen atoms in total. The highest BCUT2D eigenvalue weighted by atomic mass is 32.2. The molecule has 0 unspecified atom stereocenters. The van der Waals surface area contributed by atoms with E-state index in [1.165, 1.54) is 0 Å². The van der Waals surface area contributed by atoms with Gasteiger partial charge in [0.25, 0.3) is 11.6 Å². The van der Waals surface area contributed by atoms with Gasteiger partial charge in [-0.1, -0.05) is 20.8 Å². The number of nitrogens with one attached hydrogen (secondary N) is 1. The fourth-order valence-electron chi connectivity index (χ4n) is 4.97. The van der Waals surface area contributed by atoms with Crippen molar-refractivity contribution in [1.82, 2.24) is 5.32 Å². The van der Waals surface area contributed by atoms with Crippen molar-refractivity contribution in [2.75, 3.05) is 12.9 Å². The normalized spacial score (nSPS) is 26.9. The Balaban J connectivity index is 1.64. The second-order valence-corrected chi connectivity index (χ2v) is 11.0. The summed E-state index contributed by atoms with van der Waals surface area (Å²) in [7, 11) is -3.84. The van der Waals surface area contributed by atoms with Crippen molar-refractivity contribution in [2.45, 2.75) is 51.0 Å². The van der Waals surface area contributed by atoms with E-state index in [9.17, 15) is 28.1 Å². The molecule has 1 N–H and O–H groups in total. The fourth-order valence-corrected chi connectivity index (χ4v) is 5.80. The summed E-state index contributed by atoms with van der Waals surface area (Å²) in [5, 5.41) is 14.1. The molecule has 2 aliphatic carbocycles. The lowest BCUT2D eigenvalue weighted by Gasteiger charge is -2.39. The van der Waals surface area contributed by atoms with Gasteiger partial charge in [-0.15, -0.1) is 0 Å². The molecular weight excluding hydrogens is 412 g/mol. The molecule has 0 aliphatic heterocycles. The number of amides is 1. The number of carbonyl (C=O) groups is 2. The predicted octanol–water partition coefficient (Wildman–Crippen LogP) is 2.49. The number of fused-ring (bicyclic) bond motifs is 2. The zero-order valence-corrected chi connectivity index (χ0v) is 18.2. The Hall–Kier alpha value is -2.49. The quantitative estimate of drug-likeness (QED) is 0.410. The number of hydrogen-bond donors (Lipinski definition) is 1. The number of nitro benzene ring substituents is 1. The van der Waals surface area contributed by atoms with Gasteiger partial charge in [-0.3, -0.25) is 14.9 Å². The van der Waals surface area contributed by atoms with Gasteiger partial charge in [0.15, 0.2) is 16.4 Å². The number of benzene rings is 1. The van der Waals surface area contributed by atoms with Crippen LogP contribution in [0, 0.1) is 26.9 Å². The summed E-state index contributed by atoms with van der Waals surface area (Å²) >= 11 is 0.